The van der Waals surface area contributed by atoms with Gasteiger partial charge in [-0.05, 0) is 30.5 Å². The lowest BCUT2D eigenvalue weighted by Crippen LogP contribution is -2.35. The van der Waals surface area contributed by atoms with Crippen molar-refractivity contribution in [2.75, 3.05) is 6.61 Å². The van der Waals surface area contributed by atoms with Crippen molar-refractivity contribution < 1.29 is 19.1 Å². The van der Waals surface area contributed by atoms with E-state index in [4.69, 9.17) is 10.5 Å². The van der Waals surface area contributed by atoms with Crippen LogP contribution in [0.5, 0.6) is 0 Å². The molecule has 1 aliphatic heterocycles. The molecule has 3 aromatic rings. The second-order valence-electron chi connectivity index (χ2n) is 6.90. The number of primary amides is 1. The zero-order valence-electron chi connectivity index (χ0n) is 16.1. The van der Waals surface area contributed by atoms with Crippen LogP contribution in [0.15, 0.2) is 60.8 Å². The topological polar surface area (TPSA) is 118 Å². The molecule has 3 amide bonds. The van der Waals surface area contributed by atoms with Gasteiger partial charge in [0.1, 0.15) is 5.82 Å². The van der Waals surface area contributed by atoms with E-state index in [0.717, 1.165) is 11.3 Å². The molecular weight excluding hydrogens is 384 g/mol. The predicted molar refractivity (Wildman–Crippen MR) is 108 cm³/mol. The molecule has 1 atom stereocenters. The molecule has 8 nitrogen and oxygen atoms in total. The first kappa shape index (κ1) is 19.4. The molecule has 8 heteroatoms. The Kier molecular flexibility index (Phi) is 5.30. The number of carbonyl (C=O) groups excluding carboxylic acids is 3. The van der Waals surface area contributed by atoms with Crippen LogP contribution >= 0.6 is 0 Å². The highest BCUT2D eigenvalue weighted by molar-refractivity contribution is 6.21. The molecule has 0 bridgehead atoms. The highest BCUT2D eigenvalue weighted by Crippen LogP contribution is 2.33. The van der Waals surface area contributed by atoms with Crippen molar-refractivity contribution in [1.82, 2.24) is 14.9 Å². The molecule has 1 aliphatic rings. The van der Waals surface area contributed by atoms with Crippen LogP contribution in [0.4, 0.5) is 4.79 Å². The Labute approximate surface area is 172 Å². The van der Waals surface area contributed by atoms with E-state index in [0.29, 0.717) is 29.8 Å². The van der Waals surface area contributed by atoms with Crippen LogP contribution in [0.25, 0.3) is 11.3 Å². The second kappa shape index (κ2) is 8.20. The van der Waals surface area contributed by atoms with Gasteiger partial charge < -0.3 is 15.5 Å². The standard InChI is InChI=1S/C22H20N4O4/c23-22(29)30-12-6-11-18(19-24-13-17(25-19)14-7-2-1-3-8-14)26-20(27)15-9-4-5-10-16(15)21(26)28/h1-5,7-10,13,18H,6,11-12H2,(H2,23,29)(H,24,25). The summed E-state index contributed by atoms with van der Waals surface area (Å²) in [5, 5.41) is 0. The molecule has 4 rings (SSSR count). The quantitative estimate of drug-likeness (QED) is 0.463. The minimum absolute atomic E-state index is 0.0846. The number of rotatable bonds is 7. The summed E-state index contributed by atoms with van der Waals surface area (Å²) in [4.78, 5) is 45.7. The Hall–Kier alpha value is -3.94. The number of hydrogen-bond donors (Lipinski definition) is 2. The minimum Gasteiger partial charge on any atom is -0.450 e. The van der Waals surface area contributed by atoms with Crippen LogP contribution in [0, 0.1) is 0 Å². The fourth-order valence-electron chi connectivity index (χ4n) is 3.60. The van der Waals surface area contributed by atoms with Gasteiger partial charge in [-0.2, -0.15) is 0 Å². The maximum absolute atomic E-state index is 13.0. The summed E-state index contributed by atoms with van der Waals surface area (Å²) in [6.45, 7) is 0.0846. The first-order valence-electron chi connectivity index (χ1n) is 9.55. The van der Waals surface area contributed by atoms with Crippen molar-refractivity contribution in [3.63, 3.8) is 0 Å². The molecule has 152 valence electrons. The lowest BCUT2D eigenvalue weighted by atomic mass is 10.1. The highest BCUT2D eigenvalue weighted by Gasteiger charge is 2.41. The van der Waals surface area contributed by atoms with Crippen LogP contribution in [-0.4, -0.2) is 39.4 Å². The number of nitrogens with one attached hydrogen (secondary N) is 1. The number of amides is 3. The van der Waals surface area contributed by atoms with Crippen LogP contribution in [0.3, 0.4) is 0 Å². The van der Waals surface area contributed by atoms with Gasteiger partial charge in [0.05, 0.1) is 35.7 Å². The lowest BCUT2D eigenvalue weighted by Gasteiger charge is -2.24. The maximum Gasteiger partial charge on any atom is 0.404 e. The number of hydrogen-bond acceptors (Lipinski definition) is 5. The second-order valence-corrected chi connectivity index (χ2v) is 6.90. The van der Waals surface area contributed by atoms with E-state index in [1.807, 2.05) is 30.3 Å². The van der Waals surface area contributed by atoms with Crippen molar-refractivity contribution in [2.45, 2.75) is 18.9 Å². The number of H-pyrrole nitrogens is 1. The predicted octanol–water partition coefficient (Wildman–Crippen LogP) is 3.29. The molecular formula is C22H20N4O4. The number of nitrogens with zero attached hydrogens (tertiary/aromatic N) is 2. The minimum atomic E-state index is -0.864. The van der Waals surface area contributed by atoms with Crippen LogP contribution in [-0.2, 0) is 4.74 Å². The van der Waals surface area contributed by atoms with Gasteiger partial charge in [-0.3, -0.25) is 14.5 Å². The number of aromatic nitrogens is 2. The third-order valence-electron chi connectivity index (χ3n) is 5.00. The summed E-state index contributed by atoms with van der Waals surface area (Å²) < 4.78 is 4.80. The third-order valence-corrected chi connectivity index (χ3v) is 5.00. The van der Waals surface area contributed by atoms with Crippen molar-refractivity contribution >= 4 is 17.9 Å². The molecule has 0 saturated carbocycles. The zero-order chi connectivity index (χ0) is 21.1. The van der Waals surface area contributed by atoms with Gasteiger partial charge in [-0.1, -0.05) is 42.5 Å². The van der Waals surface area contributed by atoms with Crippen LogP contribution in [0.1, 0.15) is 45.4 Å². The number of carbonyl (C=O) groups is 3. The average molecular weight is 404 g/mol. The van der Waals surface area contributed by atoms with Crippen molar-refractivity contribution in [3.05, 3.63) is 77.7 Å². The molecule has 3 N–H and O–H groups in total. The molecule has 0 aliphatic carbocycles. The molecule has 1 aromatic heterocycles. The number of imide groups is 1. The summed E-state index contributed by atoms with van der Waals surface area (Å²) in [6.07, 6.45) is 1.58. The van der Waals surface area contributed by atoms with Gasteiger partial charge in [0.25, 0.3) is 11.8 Å². The van der Waals surface area contributed by atoms with Gasteiger partial charge in [0.15, 0.2) is 0 Å². The molecule has 30 heavy (non-hydrogen) atoms. The van der Waals surface area contributed by atoms with Gasteiger partial charge in [0.2, 0.25) is 0 Å². The average Bonchev–Trinajstić information content (AvgIpc) is 3.34. The Morgan fingerprint density at radius 3 is 2.30 bits per heavy atom. The SMILES string of the molecule is NC(=O)OCCCC(c1ncc(-c2ccccc2)[nH]1)N1C(=O)c2ccccc2C1=O. The van der Waals surface area contributed by atoms with Gasteiger partial charge >= 0.3 is 6.09 Å². The molecule has 0 radical (unpaired) electrons. The molecule has 0 fully saturated rings. The summed E-state index contributed by atoms with van der Waals surface area (Å²) in [6, 6.07) is 15.7. The van der Waals surface area contributed by atoms with Crippen molar-refractivity contribution in [3.8, 4) is 11.3 Å². The van der Waals surface area contributed by atoms with Gasteiger partial charge in [-0.15, -0.1) is 0 Å². The Balaban J connectivity index is 1.64. The van der Waals surface area contributed by atoms with E-state index < -0.39 is 12.1 Å². The maximum atomic E-state index is 13.0. The fourth-order valence-corrected chi connectivity index (χ4v) is 3.60. The highest BCUT2D eigenvalue weighted by atomic mass is 16.5. The van der Waals surface area contributed by atoms with Crippen molar-refractivity contribution in [2.24, 2.45) is 5.73 Å². The molecule has 1 unspecified atom stereocenters. The molecule has 0 spiro atoms. The fraction of sp³-hybridized carbons (Fsp3) is 0.182. The first-order chi connectivity index (χ1) is 14.6. The smallest absolute Gasteiger partial charge is 0.404 e. The van der Waals surface area contributed by atoms with E-state index in [2.05, 4.69) is 9.97 Å². The first-order valence-corrected chi connectivity index (χ1v) is 9.55. The molecule has 0 saturated heterocycles. The number of imidazole rings is 1. The molecule has 2 aromatic carbocycles. The Morgan fingerprint density at radius 2 is 1.67 bits per heavy atom. The van der Waals surface area contributed by atoms with Crippen molar-refractivity contribution in [1.29, 1.82) is 0 Å². The Morgan fingerprint density at radius 1 is 1.03 bits per heavy atom. The largest absolute Gasteiger partial charge is 0.450 e. The summed E-state index contributed by atoms with van der Waals surface area (Å²) in [5.74, 6) is -0.245. The zero-order valence-corrected chi connectivity index (χ0v) is 16.1. The van der Waals surface area contributed by atoms with Crippen LogP contribution < -0.4 is 5.73 Å². The lowest BCUT2D eigenvalue weighted by molar-refractivity contribution is 0.0556. The van der Waals surface area contributed by atoms with E-state index in [1.165, 1.54) is 4.90 Å². The summed E-state index contributed by atoms with van der Waals surface area (Å²) in [7, 11) is 0. The summed E-state index contributed by atoms with van der Waals surface area (Å²) >= 11 is 0. The van der Waals surface area contributed by atoms with Crippen LogP contribution in [0.2, 0.25) is 0 Å². The number of ether oxygens (including phenoxy) is 1. The number of fused-ring (bicyclic) bond motifs is 1. The monoisotopic (exact) mass is 404 g/mol. The summed E-state index contributed by atoms with van der Waals surface area (Å²) in [5.41, 5.74) is 7.47. The number of benzene rings is 2. The van der Waals surface area contributed by atoms with E-state index in [1.54, 1.807) is 30.5 Å². The normalized spacial score (nSPS) is 13.9. The Bertz CT molecular complexity index is 1060. The van der Waals surface area contributed by atoms with Gasteiger partial charge in [0, 0.05) is 0 Å². The van der Waals surface area contributed by atoms with E-state index in [-0.39, 0.29) is 18.4 Å². The molecule has 2 heterocycles. The number of nitrogens with two attached hydrogens (primary N) is 1. The van der Waals surface area contributed by atoms with E-state index >= 15 is 0 Å². The number of aromatic amines is 1. The van der Waals surface area contributed by atoms with Gasteiger partial charge in [-0.25, -0.2) is 9.78 Å². The third kappa shape index (κ3) is 3.67. The van der Waals surface area contributed by atoms with E-state index in [9.17, 15) is 14.4 Å².